The Labute approximate surface area is 193 Å². The van der Waals surface area contributed by atoms with Gasteiger partial charge in [-0.25, -0.2) is 0 Å². The summed E-state index contributed by atoms with van der Waals surface area (Å²) in [5, 5.41) is 2.69. The van der Waals surface area contributed by atoms with Crippen molar-refractivity contribution in [3.8, 4) is 0 Å². The highest BCUT2D eigenvalue weighted by molar-refractivity contribution is 5.99. The van der Waals surface area contributed by atoms with Gasteiger partial charge in [-0.1, -0.05) is 60.7 Å². The highest BCUT2D eigenvalue weighted by Crippen LogP contribution is 2.27. The molecule has 1 saturated heterocycles. The van der Waals surface area contributed by atoms with Crippen molar-refractivity contribution in [2.45, 2.75) is 32.2 Å². The Morgan fingerprint density at radius 2 is 1.64 bits per heavy atom. The summed E-state index contributed by atoms with van der Waals surface area (Å²) in [6, 6.07) is 19.9. The van der Waals surface area contributed by atoms with Gasteiger partial charge in [0.25, 0.3) is 11.8 Å². The Morgan fingerprint density at radius 1 is 0.970 bits per heavy atom. The van der Waals surface area contributed by atoms with Gasteiger partial charge in [-0.05, 0) is 30.9 Å². The maximum absolute atomic E-state index is 13.5. The smallest absolute Gasteiger partial charge is 0.259 e. The number of piperidine rings is 1. The molecule has 0 unspecified atom stereocenters. The fourth-order valence-corrected chi connectivity index (χ4v) is 4.42. The molecule has 0 saturated carbocycles. The van der Waals surface area contributed by atoms with Crippen molar-refractivity contribution >= 4 is 11.8 Å². The number of hydrogen-bond acceptors (Lipinski definition) is 3. The average molecular weight is 444 g/mol. The van der Waals surface area contributed by atoms with E-state index in [1.807, 2.05) is 48.5 Å². The van der Waals surface area contributed by atoms with Crippen molar-refractivity contribution in [3.63, 3.8) is 0 Å². The second kappa shape index (κ2) is 10.3. The lowest BCUT2D eigenvalue weighted by Crippen LogP contribution is -2.42. The third kappa shape index (κ3) is 5.22. The zero-order valence-electron chi connectivity index (χ0n) is 18.9. The standard InChI is InChI=1S/C27H29N3O3/c1-2-28-26(32)23-18-29(16-20-10-5-3-6-11-20)19-24(25(23)31)27(33)30-15-9-14-22(17-30)21-12-7-4-8-13-21/h3-8,10-13,18-19,22H,2,9,14-17H2,1H3,(H,28,32)/t22-/m1/s1. The van der Waals surface area contributed by atoms with Crippen LogP contribution in [-0.4, -0.2) is 40.9 Å². The predicted octanol–water partition coefficient (Wildman–Crippen LogP) is 3.67. The molecule has 0 aliphatic carbocycles. The third-order valence-corrected chi connectivity index (χ3v) is 6.08. The van der Waals surface area contributed by atoms with E-state index >= 15 is 0 Å². The maximum Gasteiger partial charge on any atom is 0.259 e. The first-order chi connectivity index (χ1) is 16.1. The number of carbonyl (C=O) groups excluding carboxylic acids is 2. The van der Waals surface area contributed by atoms with Gasteiger partial charge in [0, 0.05) is 44.5 Å². The molecule has 1 aliphatic heterocycles. The molecule has 6 nitrogen and oxygen atoms in total. The topological polar surface area (TPSA) is 71.4 Å². The summed E-state index contributed by atoms with van der Waals surface area (Å²) < 4.78 is 1.76. The second-order valence-electron chi connectivity index (χ2n) is 8.43. The van der Waals surface area contributed by atoms with Gasteiger partial charge in [0.1, 0.15) is 11.1 Å². The van der Waals surface area contributed by atoms with Crippen molar-refractivity contribution in [1.29, 1.82) is 0 Å². The molecule has 170 valence electrons. The van der Waals surface area contributed by atoms with Crippen LogP contribution in [-0.2, 0) is 6.54 Å². The molecular weight excluding hydrogens is 414 g/mol. The Morgan fingerprint density at radius 3 is 2.33 bits per heavy atom. The monoisotopic (exact) mass is 443 g/mol. The molecule has 1 N–H and O–H groups in total. The first-order valence-corrected chi connectivity index (χ1v) is 11.5. The maximum atomic E-state index is 13.5. The molecule has 2 aromatic carbocycles. The van der Waals surface area contributed by atoms with E-state index < -0.39 is 11.3 Å². The van der Waals surface area contributed by atoms with Crippen molar-refractivity contribution < 1.29 is 9.59 Å². The van der Waals surface area contributed by atoms with Gasteiger partial charge >= 0.3 is 0 Å². The van der Waals surface area contributed by atoms with Gasteiger partial charge in [0.2, 0.25) is 5.43 Å². The summed E-state index contributed by atoms with van der Waals surface area (Å²) in [5.41, 5.74) is 1.74. The molecule has 1 fully saturated rings. The van der Waals surface area contributed by atoms with Crippen LogP contribution in [0.3, 0.4) is 0 Å². The number of amides is 2. The van der Waals surface area contributed by atoms with Crippen LogP contribution in [0.5, 0.6) is 0 Å². The van der Waals surface area contributed by atoms with E-state index in [1.54, 1.807) is 28.8 Å². The SMILES string of the molecule is CCNC(=O)c1cn(Cc2ccccc2)cc(C(=O)N2CCC[C@@H](c3ccccc3)C2)c1=O. The number of aromatic nitrogens is 1. The van der Waals surface area contributed by atoms with Gasteiger partial charge in [-0.3, -0.25) is 14.4 Å². The lowest BCUT2D eigenvalue weighted by molar-refractivity contribution is 0.0705. The summed E-state index contributed by atoms with van der Waals surface area (Å²) in [4.78, 5) is 41.1. The van der Waals surface area contributed by atoms with Gasteiger partial charge in [-0.15, -0.1) is 0 Å². The number of nitrogens with one attached hydrogen (secondary N) is 1. The van der Waals surface area contributed by atoms with Crippen LogP contribution in [0.1, 0.15) is 57.5 Å². The lowest BCUT2D eigenvalue weighted by atomic mass is 9.90. The third-order valence-electron chi connectivity index (χ3n) is 6.08. The zero-order valence-corrected chi connectivity index (χ0v) is 18.9. The van der Waals surface area contributed by atoms with Crippen molar-refractivity contribution in [2.24, 2.45) is 0 Å². The molecule has 0 spiro atoms. The van der Waals surface area contributed by atoms with Gasteiger partial charge in [0.15, 0.2) is 0 Å². The van der Waals surface area contributed by atoms with Gasteiger partial charge in [0.05, 0.1) is 0 Å². The van der Waals surface area contributed by atoms with Crippen LogP contribution in [0.25, 0.3) is 0 Å². The molecular formula is C27H29N3O3. The van der Waals surface area contributed by atoms with Gasteiger partial charge in [-0.2, -0.15) is 0 Å². The number of pyridine rings is 1. The Balaban J connectivity index is 1.66. The van der Waals surface area contributed by atoms with Crippen LogP contribution in [0.2, 0.25) is 0 Å². The minimum atomic E-state index is -0.517. The largest absolute Gasteiger partial charge is 0.352 e. The summed E-state index contributed by atoms with van der Waals surface area (Å²) in [6.45, 7) is 3.82. The predicted molar refractivity (Wildman–Crippen MR) is 129 cm³/mol. The fourth-order valence-electron chi connectivity index (χ4n) is 4.42. The van der Waals surface area contributed by atoms with Crippen molar-refractivity contribution in [3.05, 3.63) is 106 Å². The highest BCUT2D eigenvalue weighted by Gasteiger charge is 2.28. The quantitative estimate of drug-likeness (QED) is 0.632. The first-order valence-electron chi connectivity index (χ1n) is 11.5. The van der Waals surface area contributed by atoms with Crippen molar-refractivity contribution in [1.82, 2.24) is 14.8 Å². The Kier molecular flexibility index (Phi) is 7.03. The molecule has 2 heterocycles. The lowest BCUT2D eigenvalue weighted by Gasteiger charge is -2.33. The number of nitrogens with zero attached hydrogens (tertiary/aromatic N) is 2. The van der Waals surface area contributed by atoms with Crippen LogP contribution < -0.4 is 10.7 Å². The first kappa shape index (κ1) is 22.5. The Hall–Kier alpha value is -3.67. The molecule has 1 aliphatic rings. The van der Waals surface area contributed by atoms with Crippen LogP contribution >= 0.6 is 0 Å². The number of likely N-dealkylation sites (tertiary alicyclic amines) is 1. The Bertz CT molecular complexity index is 1170. The zero-order chi connectivity index (χ0) is 23.2. The molecule has 0 radical (unpaired) electrons. The number of hydrogen-bond donors (Lipinski definition) is 1. The number of benzene rings is 2. The summed E-state index contributed by atoms with van der Waals surface area (Å²) in [6.07, 6.45) is 5.01. The molecule has 1 aromatic heterocycles. The number of carbonyl (C=O) groups is 2. The van der Waals surface area contributed by atoms with E-state index in [1.165, 1.54) is 5.56 Å². The summed E-state index contributed by atoms with van der Waals surface area (Å²) in [7, 11) is 0. The van der Waals surface area contributed by atoms with E-state index in [0.717, 1.165) is 18.4 Å². The minimum Gasteiger partial charge on any atom is -0.352 e. The highest BCUT2D eigenvalue weighted by atomic mass is 16.2. The second-order valence-corrected chi connectivity index (χ2v) is 8.43. The molecule has 33 heavy (non-hydrogen) atoms. The van der Waals surface area contributed by atoms with E-state index in [0.29, 0.717) is 26.2 Å². The van der Waals surface area contributed by atoms with E-state index in [-0.39, 0.29) is 23.0 Å². The molecule has 0 bridgehead atoms. The fraction of sp³-hybridized carbons (Fsp3) is 0.296. The molecule has 6 heteroatoms. The van der Waals surface area contributed by atoms with Crippen LogP contribution in [0.15, 0.2) is 77.9 Å². The van der Waals surface area contributed by atoms with Gasteiger partial charge < -0.3 is 14.8 Å². The van der Waals surface area contributed by atoms with E-state index in [4.69, 9.17) is 0 Å². The van der Waals surface area contributed by atoms with E-state index in [9.17, 15) is 14.4 Å². The molecule has 1 atom stereocenters. The summed E-state index contributed by atoms with van der Waals surface area (Å²) in [5.74, 6) is -0.532. The molecule has 4 rings (SSSR count). The van der Waals surface area contributed by atoms with Crippen molar-refractivity contribution in [2.75, 3.05) is 19.6 Å². The minimum absolute atomic E-state index is 0.00440. The van der Waals surface area contributed by atoms with E-state index in [2.05, 4.69) is 17.4 Å². The normalized spacial score (nSPS) is 15.8. The number of rotatable bonds is 6. The van der Waals surface area contributed by atoms with Crippen LogP contribution in [0, 0.1) is 0 Å². The molecule has 2 amide bonds. The average Bonchev–Trinajstić information content (AvgIpc) is 2.86. The van der Waals surface area contributed by atoms with Crippen LogP contribution in [0.4, 0.5) is 0 Å². The summed E-state index contributed by atoms with van der Waals surface area (Å²) >= 11 is 0. The molecule has 3 aromatic rings.